The molecule has 0 spiro atoms. The van der Waals surface area contributed by atoms with Gasteiger partial charge in [0.05, 0.1) is 59.4 Å². The summed E-state index contributed by atoms with van der Waals surface area (Å²) in [4.78, 5) is 0. The summed E-state index contributed by atoms with van der Waals surface area (Å²) in [7, 11) is 4.83. The molecule has 1 aliphatic rings. The standard InChI is InChI=1S/C14H20N2O4/c1-17-11-8-13(18-2)12(14(9-11)19-3)10-15-16-4-6-20-7-5-16/h8-10H,4-7H2,1-3H3/b15-10-. The van der Waals surface area contributed by atoms with Gasteiger partial charge in [-0.05, 0) is 0 Å². The Hall–Kier alpha value is -1.95. The van der Waals surface area contributed by atoms with E-state index >= 15 is 0 Å². The summed E-state index contributed by atoms with van der Waals surface area (Å²) in [5.74, 6) is 2.01. The molecule has 0 amide bonds. The fourth-order valence-electron chi connectivity index (χ4n) is 1.97. The predicted molar refractivity (Wildman–Crippen MR) is 76.1 cm³/mol. The molecule has 0 aliphatic carbocycles. The Labute approximate surface area is 118 Å². The van der Waals surface area contributed by atoms with Crippen LogP contribution in [0.5, 0.6) is 17.2 Å². The molecular weight excluding hydrogens is 260 g/mol. The second-order valence-electron chi connectivity index (χ2n) is 4.26. The Bertz CT molecular complexity index is 445. The number of rotatable bonds is 5. The number of ether oxygens (including phenoxy) is 4. The second kappa shape index (κ2) is 7.00. The van der Waals surface area contributed by atoms with Gasteiger partial charge in [-0.2, -0.15) is 5.10 Å². The van der Waals surface area contributed by atoms with E-state index in [0.717, 1.165) is 18.7 Å². The van der Waals surface area contributed by atoms with Crippen LogP contribution in [-0.4, -0.2) is 58.9 Å². The first kappa shape index (κ1) is 14.5. The first-order valence-corrected chi connectivity index (χ1v) is 6.45. The van der Waals surface area contributed by atoms with Crippen LogP contribution in [0.15, 0.2) is 17.2 Å². The van der Waals surface area contributed by atoms with Crippen molar-refractivity contribution in [2.24, 2.45) is 5.10 Å². The number of methoxy groups -OCH3 is 3. The van der Waals surface area contributed by atoms with Crippen molar-refractivity contribution >= 4 is 6.21 Å². The van der Waals surface area contributed by atoms with Gasteiger partial charge in [0.1, 0.15) is 17.2 Å². The highest BCUT2D eigenvalue weighted by molar-refractivity contribution is 5.88. The van der Waals surface area contributed by atoms with Crippen molar-refractivity contribution in [1.29, 1.82) is 0 Å². The van der Waals surface area contributed by atoms with Gasteiger partial charge in [0.25, 0.3) is 0 Å². The number of morpholine rings is 1. The van der Waals surface area contributed by atoms with Gasteiger partial charge in [0.2, 0.25) is 0 Å². The van der Waals surface area contributed by atoms with Gasteiger partial charge in [-0.3, -0.25) is 5.01 Å². The minimum atomic E-state index is 0.665. The molecule has 0 radical (unpaired) electrons. The van der Waals surface area contributed by atoms with Crippen LogP contribution >= 0.6 is 0 Å². The van der Waals surface area contributed by atoms with Crippen LogP contribution in [0.4, 0.5) is 0 Å². The van der Waals surface area contributed by atoms with Gasteiger partial charge in [-0.15, -0.1) is 0 Å². The third-order valence-corrected chi connectivity index (χ3v) is 3.09. The van der Waals surface area contributed by atoms with Crippen molar-refractivity contribution in [2.75, 3.05) is 47.6 Å². The molecule has 0 atom stereocenters. The van der Waals surface area contributed by atoms with Gasteiger partial charge in [0.15, 0.2) is 0 Å². The van der Waals surface area contributed by atoms with Crippen molar-refractivity contribution in [1.82, 2.24) is 5.01 Å². The lowest BCUT2D eigenvalue weighted by atomic mass is 10.2. The van der Waals surface area contributed by atoms with Crippen molar-refractivity contribution in [3.63, 3.8) is 0 Å². The third-order valence-electron chi connectivity index (χ3n) is 3.09. The predicted octanol–water partition coefficient (Wildman–Crippen LogP) is 1.38. The molecule has 1 aliphatic heterocycles. The molecule has 0 bridgehead atoms. The fraction of sp³-hybridized carbons (Fsp3) is 0.500. The lowest BCUT2D eigenvalue weighted by molar-refractivity contribution is 0.0396. The minimum Gasteiger partial charge on any atom is -0.496 e. The fourth-order valence-corrected chi connectivity index (χ4v) is 1.97. The molecule has 0 aromatic heterocycles. The van der Waals surface area contributed by atoms with Gasteiger partial charge in [-0.1, -0.05) is 0 Å². The van der Waals surface area contributed by atoms with Crippen LogP contribution in [0.2, 0.25) is 0 Å². The van der Waals surface area contributed by atoms with E-state index in [1.165, 1.54) is 0 Å². The lowest BCUT2D eigenvalue weighted by Gasteiger charge is -2.23. The summed E-state index contributed by atoms with van der Waals surface area (Å²) in [5.41, 5.74) is 0.794. The highest BCUT2D eigenvalue weighted by atomic mass is 16.5. The molecule has 110 valence electrons. The zero-order valence-electron chi connectivity index (χ0n) is 12.1. The summed E-state index contributed by atoms with van der Waals surface area (Å²) < 4.78 is 21.3. The normalized spacial score (nSPS) is 15.4. The number of benzene rings is 1. The molecule has 1 saturated heterocycles. The lowest BCUT2D eigenvalue weighted by Crippen LogP contribution is -2.32. The van der Waals surface area contributed by atoms with E-state index in [-0.39, 0.29) is 0 Å². The third kappa shape index (κ3) is 3.33. The Morgan fingerprint density at radius 1 is 1.05 bits per heavy atom. The van der Waals surface area contributed by atoms with E-state index in [0.29, 0.717) is 30.5 Å². The average Bonchev–Trinajstić information content (AvgIpc) is 2.52. The molecule has 1 fully saturated rings. The van der Waals surface area contributed by atoms with Crippen LogP contribution in [0.3, 0.4) is 0 Å². The Balaban J connectivity index is 2.26. The summed E-state index contributed by atoms with van der Waals surface area (Å²) in [5, 5.41) is 6.42. The van der Waals surface area contributed by atoms with Crippen LogP contribution in [0.25, 0.3) is 0 Å². The molecule has 1 aromatic carbocycles. The van der Waals surface area contributed by atoms with Gasteiger partial charge in [-0.25, -0.2) is 0 Å². The number of hydrazone groups is 1. The van der Waals surface area contributed by atoms with Gasteiger partial charge < -0.3 is 18.9 Å². The van der Waals surface area contributed by atoms with Gasteiger partial charge >= 0.3 is 0 Å². The summed E-state index contributed by atoms with van der Waals surface area (Å²) >= 11 is 0. The molecule has 2 rings (SSSR count). The second-order valence-corrected chi connectivity index (χ2v) is 4.26. The summed E-state index contributed by atoms with van der Waals surface area (Å²) in [6, 6.07) is 3.62. The van der Waals surface area contributed by atoms with Crippen molar-refractivity contribution in [3.05, 3.63) is 17.7 Å². The van der Waals surface area contributed by atoms with E-state index in [4.69, 9.17) is 18.9 Å². The maximum Gasteiger partial charge on any atom is 0.135 e. The quantitative estimate of drug-likeness (QED) is 0.763. The number of hydrogen-bond donors (Lipinski definition) is 0. The highest BCUT2D eigenvalue weighted by Crippen LogP contribution is 2.32. The van der Waals surface area contributed by atoms with E-state index in [2.05, 4.69) is 5.10 Å². The van der Waals surface area contributed by atoms with E-state index in [1.807, 2.05) is 17.1 Å². The molecule has 1 heterocycles. The maximum absolute atomic E-state index is 5.38. The number of hydrogen-bond acceptors (Lipinski definition) is 6. The van der Waals surface area contributed by atoms with Crippen LogP contribution in [-0.2, 0) is 4.74 Å². The number of nitrogens with zero attached hydrogens (tertiary/aromatic N) is 2. The van der Waals surface area contributed by atoms with Crippen LogP contribution in [0.1, 0.15) is 5.56 Å². The average molecular weight is 280 g/mol. The van der Waals surface area contributed by atoms with Crippen molar-refractivity contribution < 1.29 is 18.9 Å². The monoisotopic (exact) mass is 280 g/mol. The summed E-state index contributed by atoms with van der Waals surface area (Å²) in [6.45, 7) is 2.98. The van der Waals surface area contributed by atoms with Crippen molar-refractivity contribution in [3.8, 4) is 17.2 Å². The summed E-state index contributed by atoms with van der Waals surface area (Å²) in [6.07, 6.45) is 1.75. The Morgan fingerprint density at radius 2 is 1.65 bits per heavy atom. The topological polar surface area (TPSA) is 52.5 Å². The molecule has 20 heavy (non-hydrogen) atoms. The molecule has 6 nitrogen and oxygen atoms in total. The van der Waals surface area contributed by atoms with Crippen LogP contribution in [0, 0.1) is 0 Å². The largest absolute Gasteiger partial charge is 0.496 e. The smallest absolute Gasteiger partial charge is 0.135 e. The molecule has 0 unspecified atom stereocenters. The minimum absolute atomic E-state index is 0.665. The van der Waals surface area contributed by atoms with Gasteiger partial charge in [0, 0.05) is 12.1 Å². The zero-order chi connectivity index (χ0) is 14.4. The highest BCUT2D eigenvalue weighted by Gasteiger charge is 2.13. The first-order chi connectivity index (χ1) is 9.78. The van der Waals surface area contributed by atoms with Crippen molar-refractivity contribution in [2.45, 2.75) is 0 Å². The van der Waals surface area contributed by atoms with E-state index < -0.39 is 0 Å². The Morgan fingerprint density at radius 3 is 2.15 bits per heavy atom. The first-order valence-electron chi connectivity index (χ1n) is 6.45. The van der Waals surface area contributed by atoms with Crippen LogP contribution < -0.4 is 14.2 Å². The van der Waals surface area contributed by atoms with E-state index in [1.54, 1.807) is 27.5 Å². The Kier molecular flexibility index (Phi) is 5.06. The molecule has 0 N–H and O–H groups in total. The zero-order valence-corrected chi connectivity index (χ0v) is 12.1. The molecule has 0 saturated carbocycles. The molecule has 6 heteroatoms. The molecule has 1 aromatic rings. The van der Waals surface area contributed by atoms with E-state index in [9.17, 15) is 0 Å². The maximum atomic E-state index is 5.38. The molecular formula is C14H20N2O4. The SMILES string of the molecule is COc1cc(OC)c(/C=N\N2CCOCC2)c(OC)c1.